The first-order valence-electron chi connectivity index (χ1n) is 7.70. The van der Waals surface area contributed by atoms with Crippen molar-refractivity contribution in [1.29, 1.82) is 0 Å². The van der Waals surface area contributed by atoms with Crippen molar-refractivity contribution >= 4 is 50.1 Å². The lowest BCUT2D eigenvalue weighted by atomic mass is 9.92. The van der Waals surface area contributed by atoms with Crippen molar-refractivity contribution in [1.82, 2.24) is 0 Å². The first-order chi connectivity index (χ1) is 10.8. The van der Waals surface area contributed by atoms with Gasteiger partial charge >= 0.3 is 0 Å². The molecule has 2 aromatic rings. The van der Waals surface area contributed by atoms with Crippen LogP contribution in [0.2, 0.25) is 0 Å². The summed E-state index contributed by atoms with van der Waals surface area (Å²) in [5, 5.41) is 3.16. The summed E-state index contributed by atoms with van der Waals surface area (Å²) < 4.78 is 1.85. The molecule has 0 fully saturated rings. The van der Waals surface area contributed by atoms with E-state index in [9.17, 15) is 4.79 Å². The number of anilines is 1. The van der Waals surface area contributed by atoms with Gasteiger partial charge in [-0.1, -0.05) is 61.8 Å². The quantitative estimate of drug-likeness (QED) is 0.488. The molecule has 122 valence electrons. The SMILES string of the molecule is CC(C)c1cccc(C(C)C)c1NC(=O)c1cc(Br)ccc1I. The molecule has 1 N–H and O–H groups in total. The third-order valence-electron chi connectivity index (χ3n) is 3.78. The molecular weight excluding hydrogens is 465 g/mol. The summed E-state index contributed by atoms with van der Waals surface area (Å²) in [6, 6.07) is 12.0. The van der Waals surface area contributed by atoms with E-state index in [0.29, 0.717) is 17.4 Å². The van der Waals surface area contributed by atoms with Gasteiger partial charge in [0.05, 0.1) is 5.56 Å². The van der Waals surface area contributed by atoms with Crippen LogP contribution in [0.5, 0.6) is 0 Å². The van der Waals surface area contributed by atoms with E-state index in [0.717, 1.165) is 13.7 Å². The zero-order valence-corrected chi connectivity index (χ0v) is 17.5. The highest BCUT2D eigenvalue weighted by molar-refractivity contribution is 14.1. The first-order valence-corrected chi connectivity index (χ1v) is 9.57. The van der Waals surface area contributed by atoms with Gasteiger partial charge < -0.3 is 5.32 Å². The van der Waals surface area contributed by atoms with Crippen LogP contribution in [-0.2, 0) is 0 Å². The summed E-state index contributed by atoms with van der Waals surface area (Å²) in [5.74, 6) is 0.641. The molecule has 0 atom stereocenters. The second-order valence-corrected chi connectivity index (χ2v) is 8.28. The van der Waals surface area contributed by atoms with Crippen LogP contribution in [-0.4, -0.2) is 5.91 Å². The van der Waals surface area contributed by atoms with E-state index in [1.807, 2.05) is 18.2 Å². The lowest BCUT2D eigenvalue weighted by Gasteiger charge is -2.20. The predicted octanol–water partition coefficient (Wildman–Crippen LogP) is 6.55. The topological polar surface area (TPSA) is 29.1 Å². The van der Waals surface area contributed by atoms with Crippen molar-refractivity contribution < 1.29 is 4.79 Å². The standard InChI is InChI=1S/C19H21BrINO/c1-11(2)14-6-5-7-15(12(3)4)18(14)22-19(23)16-10-13(20)8-9-17(16)21/h5-12H,1-4H3,(H,22,23). The van der Waals surface area contributed by atoms with Gasteiger partial charge in [-0.15, -0.1) is 0 Å². The van der Waals surface area contributed by atoms with Crippen LogP contribution in [0.4, 0.5) is 5.69 Å². The van der Waals surface area contributed by atoms with Crippen LogP contribution in [0, 0.1) is 3.57 Å². The molecule has 4 heteroatoms. The van der Waals surface area contributed by atoms with Crippen LogP contribution in [0.15, 0.2) is 40.9 Å². The average Bonchev–Trinajstić information content (AvgIpc) is 2.49. The second kappa shape index (κ2) is 7.79. The minimum atomic E-state index is -0.0642. The molecule has 1 amide bonds. The van der Waals surface area contributed by atoms with Crippen LogP contribution in [0.3, 0.4) is 0 Å². The number of halogens is 2. The Morgan fingerprint density at radius 3 is 2.13 bits per heavy atom. The molecule has 2 rings (SSSR count). The molecule has 0 saturated carbocycles. The highest BCUT2D eigenvalue weighted by Crippen LogP contribution is 2.33. The average molecular weight is 486 g/mol. The number of carbonyl (C=O) groups is 1. The van der Waals surface area contributed by atoms with Crippen molar-refractivity contribution in [2.24, 2.45) is 0 Å². The van der Waals surface area contributed by atoms with Crippen LogP contribution >= 0.6 is 38.5 Å². The Hall–Kier alpha value is -0.880. The van der Waals surface area contributed by atoms with Gasteiger partial charge in [-0.2, -0.15) is 0 Å². The molecule has 0 spiro atoms. The Labute approximate surface area is 160 Å². The number of benzene rings is 2. The number of amides is 1. The Kier molecular flexibility index (Phi) is 6.26. The Bertz CT molecular complexity index is 699. The lowest BCUT2D eigenvalue weighted by Crippen LogP contribution is -2.17. The fourth-order valence-corrected chi connectivity index (χ4v) is 3.49. The van der Waals surface area contributed by atoms with E-state index in [-0.39, 0.29) is 5.91 Å². The maximum atomic E-state index is 12.8. The summed E-state index contributed by atoms with van der Waals surface area (Å²) in [6.07, 6.45) is 0. The molecule has 0 aliphatic carbocycles. The highest BCUT2D eigenvalue weighted by atomic mass is 127. The molecule has 0 radical (unpaired) electrons. The summed E-state index contributed by atoms with van der Waals surface area (Å²) in [7, 11) is 0. The third-order valence-corrected chi connectivity index (χ3v) is 5.22. The molecule has 0 aliphatic rings. The molecule has 2 nitrogen and oxygen atoms in total. The van der Waals surface area contributed by atoms with Crippen molar-refractivity contribution in [3.05, 3.63) is 61.1 Å². The Balaban J connectivity index is 2.46. The van der Waals surface area contributed by atoms with E-state index in [1.54, 1.807) is 0 Å². The lowest BCUT2D eigenvalue weighted by molar-refractivity contribution is 0.102. The van der Waals surface area contributed by atoms with E-state index in [4.69, 9.17) is 0 Å². The maximum Gasteiger partial charge on any atom is 0.256 e. The molecule has 0 bridgehead atoms. The van der Waals surface area contributed by atoms with Crippen molar-refractivity contribution in [3.8, 4) is 0 Å². The van der Waals surface area contributed by atoms with Crippen molar-refractivity contribution in [2.75, 3.05) is 5.32 Å². The minimum absolute atomic E-state index is 0.0642. The molecule has 0 aliphatic heterocycles. The number of para-hydroxylation sites is 1. The number of nitrogens with one attached hydrogen (secondary N) is 1. The van der Waals surface area contributed by atoms with Gasteiger partial charge in [-0.25, -0.2) is 0 Å². The van der Waals surface area contributed by atoms with E-state index < -0.39 is 0 Å². The van der Waals surface area contributed by atoms with Gasteiger partial charge in [0.15, 0.2) is 0 Å². The fourth-order valence-electron chi connectivity index (χ4n) is 2.55. The fraction of sp³-hybridized carbons (Fsp3) is 0.316. The summed E-state index contributed by atoms with van der Waals surface area (Å²) in [5.41, 5.74) is 4.00. The Morgan fingerprint density at radius 2 is 1.61 bits per heavy atom. The highest BCUT2D eigenvalue weighted by Gasteiger charge is 2.18. The predicted molar refractivity (Wildman–Crippen MR) is 109 cm³/mol. The molecule has 0 unspecified atom stereocenters. The summed E-state index contributed by atoms with van der Waals surface area (Å²) >= 11 is 5.64. The van der Waals surface area contributed by atoms with Gasteiger partial charge in [0.1, 0.15) is 0 Å². The van der Waals surface area contributed by atoms with Gasteiger partial charge in [-0.3, -0.25) is 4.79 Å². The van der Waals surface area contributed by atoms with E-state index in [1.165, 1.54) is 11.1 Å². The second-order valence-electron chi connectivity index (χ2n) is 6.20. The van der Waals surface area contributed by atoms with Crippen molar-refractivity contribution in [3.63, 3.8) is 0 Å². The number of rotatable bonds is 4. The molecular formula is C19H21BrINO. The molecule has 0 aromatic heterocycles. The number of carbonyl (C=O) groups excluding carboxylic acids is 1. The zero-order chi connectivity index (χ0) is 17.1. The van der Waals surface area contributed by atoms with Crippen LogP contribution in [0.1, 0.15) is 61.0 Å². The normalized spacial score (nSPS) is 11.1. The molecule has 0 saturated heterocycles. The Morgan fingerprint density at radius 1 is 1.04 bits per heavy atom. The monoisotopic (exact) mass is 485 g/mol. The van der Waals surface area contributed by atoms with Gasteiger partial charge in [0.2, 0.25) is 0 Å². The zero-order valence-electron chi connectivity index (χ0n) is 13.8. The maximum absolute atomic E-state index is 12.8. The largest absolute Gasteiger partial charge is 0.321 e. The van der Waals surface area contributed by atoms with Crippen LogP contribution < -0.4 is 5.32 Å². The smallest absolute Gasteiger partial charge is 0.256 e. The first kappa shape index (κ1) is 18.5. The van der Waals surface area contributed by atoms with Gasteiger partial charge in [0.25, 0.3) is 5.91 Å². The van der Waals surface area contributed by atoms with Crippen LogP contribution in [0.25, 0.3) is 0 Å². The number of hydrogen-bond acceptors (Lipinski definition) is 1. The minimum Gasteiger partial charge on any atom is -0.321 e. The third kappa shape index (κ3) is 4.35. The van der Waals surface area contributed by atoms with Gasteiger partial charge in [-0.05, 0) is 63.8 Å². The van der Waals surface area contributed by atoms with E-state index >= 15 is 0 Å². The molecule has 2 aromatic carbocycles. The van der Waals surface area contributed by atoms with Gasteiger partial charge in [0, 0.05) is 13.7 Å². The van der Waals surface area contributed by atoms with Crippen molar-refractivity contribution in [2.45, 2.75) is 39.5 Å². The number of hydrogen-bond donors (Lipinski definition) is 1. The molecule has 0 heterocycles. The summed E-state index contributed by atoms with van der Waals surface area (Å²) in [4.78, 5) is 12.8. The summed E-state index contributed by atoms with van der Waals surface area (Å²) in [6.45, 7) is 8.60. The van der Waals surface area contributed by atoms with E-state index in [2.05, 4.69) is 89.7 Å². The molecule has 23 heavy (non-hydrogen) atoms.